The minimum absolute atomic E-state index is 0.0196. The lowest BCUT2D eigenvalue weighted by molar-refractivity contribution is 0.0492. The van der Waals surface area contributed by atoms with E-state index in [0.29, 0.717) is 11.4 Å². The van der Waals surface area contributed by atoms with Gasteiger partial charge in [0.25, 0.3) is 0 Å². The highest BCUT2D eigenvalue weighted by Gasteiger charge is 2.26. The first-order valence-electron chi connectivity index (χ1n) is 14.5. The number of halogens is 2. The number of aromatic nitrogens is 3. The van der Waals surface area contributed by atoms with Crippen LogP contribution in [-0.4, -0.2) is 51.3 Å². The van der Waals surface area contributed by atoms with E-state index in [-0.39, 0.29) is 28.6 Å². The number of anilines is 1. The number of nitrogens with two attached hydrogens (primary N) is 1. The van der Waals surface area contributed by atoms with Crippen molar-refractivity contribution in [2.45, 2.75) is 71.1 Å². The topological polar surface area (TPSA) is 128 Å². The first-order valence-corrected chi connectivity index (χ1v) is 14.9. The maximum Gasteiger partial charge on any atom is 0.407 e. The largest absolute Gasteiger partial charge is 0.481 e. The Morgan fingerprint density at radius 2 is 1.86 bits per heavy atom. The number of carbonyl (C=O) groups is 1. The minimum Gasteiger partial charge on any atom is -0.481 e. The molecule has 1 saturated carbocycles. The second-order valence-electron chi connectivity index (χ2n) is 12.0. The molecular weight excluding hydrogens is 585 g/mol. The molecule has 0 radical (unpaired) electrons. The van der Waals surface area contributed by atoms with E-state index in [1.807, 2.05) is 46.0 Å². The van der Waals surface area contributed by atoms with Crippen LogP contribution in [0, 0.1) is 12.7 Å². The molecule has 12 heteroatoms. The molecule has 44 heavy (non-hydrogen) atoms. The number of alkyl carbamates (subject to hydrolysis) is 1. The maximum atomic E-state index is 14.0. The number of benzene rings is 1. The normalized spacial score (nSPS) is 17.4. The molecule has 10 nitrogen and oxygen atoms in total. The standard InChI is InChI=1S/C32H37ClFN7O3/c1-18-15-36-28(43-5)14-23(18)19-12-27-29(38-21-7-9-22(10-8-21)39-31(42)44-32(2,3)4)24(16-37-41(27)17-19)30(35)40-26-13-20(34)6-11-25(26)33/h6,11-17,21-22,38H,7-10H2,1-5H3,(H2,35,40)(H,39,42)/t21-,22-. The van der Waals surface area contributed by atoms with Crippen LogP contribution in [0.15, 0.2) is 53.9 Å². The van der Waals surface area contributed by atoms with Crippen LogP contribution in [0.5, 0.6) is 5.88 Å². The number of aliphatic imine (C=N–C) groups is 1. The third-order valence-corrected chi connectivity index (χ3v) is 7.78. The van der Waals surface area contributed by atoms with E-state index in [2.05, 4.69) is 25.7 Å². The van der Waals surface area contributed by atoms with E-state index < -0.39 is 17.5 Å². The number of amides is 1. The van der Waals surface area contributed by atoms with Gasteiger partial charge in [-0.1, -0.05) is 11.6 Å². The van der Waals surface area contributed by atoms with Crippen molar-refractivity contribution in [3.63, 3.8) is 0 Å². The molecule has 3 heterocycles. The fraction of sp³-hybridized carbons (Fsp3) is 0.375. The van der Waals surface area contributed by atoms with Crippen molar-refractivity contribution < 1.29 is 18.7 Å². The Labute approximate surface area is 260 Å². The van der Waals surface area contributed by atoms with Crippen molar-refractivity contribution in [3.05, 3.63) is 70.9 Å². The van der Waals surface area contributed by atoms with E-state index in [0.717, 1.165) is 53.6 Å². The summed E-state index contributed by atoms with van der Waals surface area (Å²) in [5.74, 6) is 0.178. The van der Waals surface area contributed by atoms with Gasteiger partial charge in [-0.3, -0.25) is 0 Å². The minimum atomic E-state index is -0.556. The van der Waals surface area contributed by atoms with Crippen molar-refractivity contribution in [1.29, 1.82) is 0 Å². The van der Waals surface area contributed by atoms with Gasteiger partial charge in [-0.05, 0) is 82.7 Å². The Bertz CT molecular complexity index is 1710. The fourth-order valence-electron chi connectivity index (χ4n) is 5.30. The molecule has 0 saturated heterocycles. The third kappa shape index (κ3) is 7.21. The molecule has 1 fully saturated rings. The summed E-state index contributed by atoms with van der Waals surface area (Å²) in [6.45, 7) is 7.52. The van der Waals surface area contributed by atoms with E-state index in [9.17, 15) is 9.18 Å². The second kappa shape index (κ2) is 12.7. The van der Waals surface area contributed by atoms with Gasteiger partial charge in [0.2, 0.25) is 5.88 Å². The number of nitrogens with one attached hydrogen (secondary N) is 2. The van der Waals surface area contributed by atoms with Gasteiger partial charge in [0.1, 0.15) is 17.3 Å². The number of amidine groups is 1. The number of nitrogens with zero attached hydrogens (tertiary/aromatic N) is 4. The zero-order chi connectivity index (χ0) is 31.6. The molecule has 0 aliphatic heterocycles. The number of hydrogen-bond donors (Lipinski definition) is 3. The Morgan fingerprint density at radius 1 is 1.14 bits per heavy atom. The highest BCUT2D eigenvalue weighted by atomic mass is 35.5. The smallest absolute Gasteiger partial charge is 0.407 e. The highest BCUT2D eigenvalue weighted by molar-refractivity contribution is 6.33. The number of hydrogen-bond acceptors (Lipinski definition) is 7. The number of methoxy groups -OCH3 is 1. The number of ether oxygens (including phenoxy) is 2. The summed E-state index contributed by atoms with van der Waals surface area (Å²) < 4.78 is 26.6. The molecule has 0 bridgehead atoms. The number of carbonyl (C=O) groups excluding carboxylic acids is 1. The summed E-state index contributed by atoms with van der Waals surface area (Å²) in [6.07, 6.45) is 8.09. The summed E-state index contributed by atoms with van der Waals surface area (Å²) in [5.41, 5.74) is 11.1. The first-order chi connectivity index (χ1) is 20.9. The summed E-state index contributed by atoms with van der Waals surface area (Å²) >= 11 is 6.30. The molecule has 0 atom stereocenters. The molecule has 3 aromatic heterocycles. The van der Waals surface area contributed by atoms with Gasteiger partial charge in [-0.25, -0.2) is 23.7 Å². The van der Waals surface area contributed by atoms with Crippen LogP contribution in [0.2, 0.25) is 5.02 Å². The predicted molar refractivity (Wildman–Crippen MR) is 171 cm³/mol. The van der Waals surface area contributed by atoms with Gasteiger partial charge in [0, 0.05) is 42.2 Å². The fourth-order valence-corrected chi connectivity index (χ4v) is 5.46. The zero-order valence-electron chi connectivity index (χ0n) is 25.4. The van der Waals surface area contributed by atoms with Crippen LogP contribution >= 0.6 is 11.6 Å². The number of fused-ring (bicyclic) bond motifs is 1. The Hall–Kier alpha value is -4.38. The van der Waals surface area contributed by atoms with Crippen LogP contribution in [-0.2, 0) is 4.74 Å². The van der Waals surface area contributed by atoms with Crippen LogP contribution < -0.4 is 21.1 Å². The van der Waals surface area contributed by atoms with Crippen molar-refractivity contribution in [1.82, 2.24) is 19.9 Å². The molecule has 4 N–H and O–H groups in total. The Balaban J connectivity index is 1.48. The molecule has 4 aromatic rings. The quantitative estimate of drug-likeness (QED) is 0.153. The van der Waals surface area contributed by atoms with Gasteiger partial charge in [-0.15, -0.1) is 0 Å². The summed E-state index contributed by atoms with van der Waals surface area (Å²) in [4.78, 5) is 21.1. The highest BCUT2D eigenvalue weighted by Crippen LogP contribution is 2.34. The molecule has 1 aliphatic carbocycles. The predicted octanol–water partition coefficient (Wildman–Crippen LogP) is 6.79. The number of aryl methyl sites for hydroxylation is 1. The SMILES string of the molecule is COc1cc(-c2cc3c(N[C@H]4CC[C@H](NC(=O)OC(C)(C)C)CC4)c(/C(N)=N/c4cc(F)ccc4Cl)cnn3c2)c(C)cn1. The summed E-state index contributed by atoms with van der Waals surface area (Å²) in [6, 6.07) is 7.97. The molecule has 1 aliphatic rings. The molecule has 1 amide bonds. The van der Waals surface area contributed by atoms with Crippen LogP contribution in [0.25, 0.3) is 16.6 Å². The Kier molecular flexibility index (Phi) is 8.96. The lowest BCUT2D eigenvalue weighted by Crippen LogP contribution is -2.42. The van der Waals surface area contributed by atoms with Crippen LogP contribution in [0.1, 0.15) is 57.6 Å². The van der Waals surface area contributed by atoms with Gasteiger partial charge < -0.3 is 25.8 Å². The van der Waals surface area contributed by atoms with Crippen LogP contribution in [0.3, 0.4) is 0 Å². The van der Waals surface area contributed by atoms with Gasteiger partial charge in [-0.2, -0.15) is 5.10 Å². The Morgan fingerprint density at radius 3 is 2.57 bits per heavy atom. The zero-order valence-corrected chi connectivity index (χ0v) is 26.2. The molecular formula is C32H37ClFN7O3. The molecule has 0 unspecified atom stereocenters. The van der Waals surface area contributed by atoms with Crippen molar-refractivity contribution in [2.75, 3.05) is 12.4 Å². The van der Waals surface area contributed by atoms with E-state index in [1.165, 1.54) is 18.2 Å². The average molecular weight is 622 g/mol. The van der Waals surface area contributed by atoms with Gasteiger partial charge in [0.05, 0.1) is 40.8 Å². The molecule has 0 spiro atoms. The molecule has 1 aromatic carbocycles. The maximum absolute atomic E-state index is 14.0. The summed E-state index contributed by atoms with van der Waals surface area (Å²) in [5, 5.41) is 11.6. The molecule has 232 valence electrons. The summed E-state index contributed by atoms with van der Waals surface area (Å²) in [7, 11) is 1.58. The molecule has 5 rings (SSSR count). The monoisotopic (exact) mass is 621 g/mol. The van der Waals surface area contributed by atoms with E-state index in [1.54, 1.807) is 24.0 Å². The van der Waals surface area contributed by atoms with Crippen molar-refractivity contribution in [2.24, 2.45) is 10.7 Å². The van der Waals surface area contributed by atoms with Gasteiger partial charge >= 0.3 is 6.09 Å². The lowest BCUT2D eigenvalue weighted by Gasteiger charge is -2.31. The second-order valence-corrected chi connectivity index (χ2v) is 12.4. The first kappa shape index (κ1) is 31.1. The van der Waals surface area contributed by atoms with Gasteiger partial charge in [0.15, 0.2) is 0 Å². The lowest BCUT2D eigenvalue weighted by atomic mass is 9.91. The van der Waals surface area contributed by atoms with Crippen molar-refractivity contribution >= 4 is 40.4 Å². The van der Waals surface area contributed by atoms with E-state index >= 15 is 0 Å². The van der Waals surface area contributed by atoms with E-state index in [4.69, 9.17) is 26.8 Å². The number of pyridine rings is 1. The third-order valence-electron chi connectivity index (χ3n) is 7.46. The van der Waals surface area contributed by atoms with Crippen LogP contribution in [0.4, 0.5) is 20.6 Å². The average Bonchev–Trinajstić information content (AvgIpc) is 3.40. The van der Waals surface area contributed by atoms with Crippen molar-refractivity contribution in [3.8, 4) is 17.0 Å². The number of rotatable bonds is 7.